The molecule has 4 aromatic rings. The number of methoxy groups -OCH3 is 1. The number of aromatic amines is 1. The second kappa shape index (κ2) is 15.0. The van der Waals surface area contributed by atoms with Gasteiger partial charge in [-0.15, -0.1) is 0 Å². The van der Waals surface area contributed by atoms with Crippen molar-refractivity contribution in [3.63, 3.8) is 0 Å². The normalized spacial score (nSPS) is 20.4. The first-order valence-corrected chi connectivity index (χ1v) is 15.2. The summed E-state index contributed by atoms with van der Waals surface area (Å²) < 4.78 is 17.8. The van der Waals surface area contributed by atoms with Crippen LogP contribution in [0.3, 0.4) is 0 Å². The Balaban J connectivity index is 1.27. The number of urea groups is 1. The number of esters is 1. The number of aromatic nitrogens is 3. The highest BCUT2D eigenvalue weighted by atomic mass is 32.2. The summed E-state index contributed by atoms with van der Waals surface area (Å²) in [6.07, 6.45) is 0.681. The molecule has 12 heteroatoms. The van der Waals surface area contributed by atoms with Gasteiger partial charge in [0.25, 0.3) is 0 Å². The number of aliphatic hydroxyl groups is 1. The Morgan fingerprint density at radius 3 is 2.39 bits per heavy atom. The van der Waals surface area contributed by atoms with E-state index < -0.39 is 24.3 Å². The van der Waals surface area contributed by atoms with Gasteiger partial charge in [-0.2, -0.15) is 5.10 Å². The molecule has 4 N–H and O–H groups in total. The lowest BCUT2D eigenvalue weighted by atomic mass is 9.91. The van der Waals surface area contributed by atoms with E-state index in [4.69, 9.17) is 14.2 Å². The van der Waals surface area contributed by atoms with Gasteiger partial charge in [0.2, 0.25) is 0 Å². The first-order valence-electron chi connectivity index (χ1n) is 14.2. The van der Waals surface area contributed by atoms with Crippen LogP contribution < -0.4 is 10.6 Å². The standard InChI is InChI=1S/C32H35N5O6S/c1-20-27(18-44-32-33-19-34-37-32)42-30(43-28(20)23-10-8-22(17-38)9-11-23)24-12-14-25(15-13-24)35-31(40)36-26(29(39)41-2)16-21-6-4-3-5-7-21/h3-15,19-20,26-28,30,38H,16-18H2,1-2H3,(H,33,34,37)(H2,35,36,40). The molecule has 2 heterocycles. The van der Waals surface area contributed by atoms with Crippen LogP contribution >= 0.6 is 11.8 Å². The fourth-order valence-corrected chi connectivity index (χ4v) is 5.91. The van der Waals surface area contributed by atoms with Crippen LogP contribution in [0.15, 0.2) is 90.3 Å². The minimum absolute atomic E-state index is 0.0185. The van der Waals surface area contributed by atoms with Crippen molar-refractivity contribution >= 4 is 29.4 Å². The monoisotopic (exact) mass is 617 g/mol. The molecule has 11 nitrogen and oxygen atoms in total. The van der Waals surface area contributed by atoms with Gasteiger partial charge >= 0.3 is 12.0 Å². The summed E-state index contributed by atoms with van der Waals surface area (Å²) in [7, 11) is 1.29. The number of benzene rings is 3. The summed E-state index contributed by atoms with van der Waals surface area (Å²) in [4.78, 5) is 29.3. The maximum absolute atomic E-state index is 12.8. The van der Waals surface area contributed by atoms with Gasteiger partial charge in [0.1, 0.15) is 12.4 Å². The Hall–Kier alpha value is -4.23. The van der Waals surface area contributed by atoms with Crippen molar-refractivity contribution in [1.29, 1.82) is 0 Å². The number of thioether (sulfide) groups is 1. The zero-order chi connectivity index (χ0) is 30.9. The second-order valence-electron chi connectivity index (χ2n) is 10.4. The Morgan fingerprint density at radius 1 is 1.00 bits per heavy atom. The summed E-state index contributed by atoms with van der Waals surface area (Å²) in [5.41, 5.74) is 4.03. The highest BCUT2D eigenvalue weighted by Crippen LogP contribution is 2.42. The second-order valence-corrected chi connectivity index (χ2v) is 11.4. The van der Waals surface area contributed by atoms with Crippen molar-refractivity contribution in [1.82, 2.24) is 20.5 Å². The van der Waals surface area contributed by atoms with Gasteiger partial charge in [0.15, 0.2) is 11.4 Å². The van der Waals surface area contributed by atoms with Crippen molar-refractivity contribution in [2.75, 3.05) is 18.2 Å². The van der Waals surface area contributed by atoms with E-state index in [-0.39, 0.29) is 24.7 Å². The molecular formula is C32H35N5O6S. The number of carbonyl (C=O) groups is 2. The summed E-state index contributed by atoms with van der Waals surface area (Å²) in [5.74, 6) is 0.118. The number of nitrogens with one attached hydrogen (secondary N) is 3. The molecule has 3 aromatic carbocycles. The van der Waals surface area contributed by atoms with E-state index in [0.717, 1.165) is 22.3 Å². The van der Waals surface area contributed by atoms with Gasteiger partial charge in [-0.1, -0.05) is 85.4 Å². The molecule has 0 bridgehead atoms. The van der Waals surface area contributed by atoms with Gasteiger partial charge < -0.3 is 30.0 Å². The molecule has 1 fully saturated rings. The van der Waals surface area contributed by atoms with Gasteiger partial charge in [-0.05, 0) is 28.8 Å². The molecule has 230 valence electrons. The fourth-order valence-electron chi connectivity index (χ4n) is 4.97. The Morgan fingerprint density at radius 2 is 1.73 bits per heavy atom. The average molecular weight is 618 g/mol. The number of nitrogens with zero attached hydrogens (tertiary/aromatic N) is 2. The van der Waals surface area contributed by atoms with Crippen LogP contribution in [0.2, 0.25) is 0 Å². The molecule has 1 saturated heterocycles. The zero-order valence-corrected chi connectivity index (χ0v) is 25.2. The van der Waals surface area contributed by atoms with E-state index >= 15 is 0 Å². The van der Waals surface area contributed by atoms with Crippen LogP contribution in [0.4, 0.5) is 10.5 Å². The van der Waals surface area contributed by atoms with Crippen LogP contribution in [0.5, 0.6) is 0 Å². The number of hydrogen-bond acceptors (Lipinski definition) is 9. The lowest BCUT2D eigenvalue weighted by molar-refractivity contribution is -0.268. The quantitative estimate of drug-likeness (QED) is 0.138. The largest absolute Gasteiger partial charge is 0.467 e. The first-order chi connectivity index (χ1) is 21.4. The summed E-state index contributed by atoms with van der Waals surface area (Å²) in [5, 5.41) is 22.5. The van der Waals surface area contributed by atoms with Crippen molar-refractivity contribution in [3.05, 3.63) is 107 Å². The summed E-state index contributed by atoms with van der Waals surface area (Å²) in [6, 6.07) is 23.0. The van der Waals surface area contributed by atoms with E-state index in [2.05, 4.69) is 32.7 Å². The molecule has 0 spiro atoms. The van der Waals surface area contributed by atoms with E-state index in [1.807, 2.05) is 66.7 Å². The van der Waals surface area contributed by atoms with E-state index in [0.29, 0.717) is 23.0 Å². The Bertz CT molecular complexity index is 1490. The van der Waals surface area contributed by atoms with Gasteiger partial charge in [0.05, 0.1) is 25.9 Å². The first kappa shape index (κ1) is 31.2. The maximum atomic E-state index is 12.8. The molecule has 0 radical (unpaired) electrons. The number of rotatable bonds is 11. The molecule has 2 amide bonds. The summed E-state index contributed by atoms with van der Waals surface area (Å²) in [6.45, 7) is 2.07. The van der Waals surface area contributed by atoms with Crippen molar-refractivity contribution in [3.8, 4) is 0 Å². The number of H-pyrrole nitrogens is 1. The predicted molar refractivity (Wildman–Crippen MR) is 165 cm³/mol. The molecule has 44 heavy (non-hydrogen) atoms. The van der Waals surface area contributed by atoms with E-state index in [1.54, 1.807) is 12.1 Å². The van der Waals surface area contributed by atoms with Gasteiger partial charge in [-0.3, -0.25) is 5.10 Å². The molecule has 1 aliphatic rings. The third-order valence-corrected chi connectivity index (χ3v) is 8.38. The smallest absolute Gasteiger partial charge is 0.328 e. The minimum Gasteiger partial charge on any atom is -0.467 e. The topological polar surface area (TPSA) is 148 Å². The highest BCUT2D eigenvalue weighted by molar-refractivity contribution is 7.99. The van der Waals surface area contributed by atoms with Crippen LogP contribution in [0, 0.1) is 5.92 Å². The molecule has 0 aliphatic carbocycles. The van der Waals surface area contributed by atoms with Crippen LogP contribution in [0.1, 0.15) is 41.6 Å². The lowest BCUT2D eigenvalue weighted by Crippen LogP contribution is -2.45. The number of aliphatic hydroxyl groups excluding tert-OH is 1. The molecular weight excluding hydrogens is 582 g/mol. The van der Waals surface area contributed by atoms with Crippen molar-refractivity contribution in [2.24, 2.45) is 5.92 Å². The van der Waals surface area contributed by atoms with Crippen molar-refractivity contribution < 1.29 is 28.9 Å². The SMILES string of the molecule is COC(=O)C(Cc1ccccc1)NC(=O)Nc1ccc(C2OC(CSc3ncn[nH]3)C(C)C(c3ccc(CO)cc3)O2)cc1. The number of ether oxygens (including phenoxy) is 3. The number of amides is 2. The van der Waals surface area contributed by atoms with Crippen LogP contribution in [0.25, 0.3) is 0 Å². The van der Waals surface area contributed by atoms with Crippen LogP contribution in [-0.2, 0) is 32.0 Å². The highest BCUT2D eigenvalue weighted by Gasteiger charge is 2.38. The Labute approximate surface area is 259 Å². The molecule has 0 saturated carbocycles. The predicted octanol–water partition coefficient (Wildman–Crippen LogP) is 4.79. The Kier molecular flexibility index (Phi) is 10.6. The van der Waals surface area contributed by atoms with Crippen LogP contribution in [-0.4, -0.2) is 57.3 Å². The average Bonchev–Trinajstić information content (AvgIpc) is 3.58. The van der Waals surface area contributed by atoms with Crippen molar-refractivity contribution in [2.45, 2.75) is 49.6 Å². The zero-order valence-electron chi connectivity index (χ0n) is 24.4. The minimum atomic E-state index is -0.845. The maximum Gasteiger partial charge on any atom is 0.328 e. The third-order valence-electron chi connectivity index (χ3n) is 7.42. The third kappa shape index (κ3) is 8.03. The van der Waals surface area contributed by atoms with Gasteiger partial charge in [0, 0.05) is 29.3 Å². The van der Waals surface area contributed by atoms with E-state index in [1.165, 1.54) is 25.2 Å². The fraction of sp³-hybridized carbons (Fsp3) is 0.312. The molecule has 1 aromatic heterocycles. The molecule has 5 atom stereocenters. The molecule has 5 rings (SSSR count). The molecule has 1 aliphatic heterocycles. The summed E-state index contributed by atoms with van der Waals surface area (Å²) >= 11 is 1.53. The lowest BCUT2D eigenvalue weighted by Gasteiger charge is -2.41. The van der Waals surface area contributed by atoms with E-state index in [9.17, 15) is 14.7 Å². The number of carbonyl (C=O) groups excluding carboxylic acids is 2. The molecule has 5 unspecified atom stereocenters. The van der Waals surface area contributed by atoms with Gasteiger partial charge in [-0.25, -0.2) is 14.6 Å². The number of hydrogen-bond donors (Lipinski definition) is 4. The number of anilines is 1.